The van der Waals surface area contributed by atoms with Crippen molar-refractivity contribution in [2.24, 2.45) is 0 Å². The molecule has 1 aromatic carbocycles. The van der Waals surface area contributed by atoms with Gasteiger partial charge < -0.3 is 11.5 Å². The smallest absolute Gasteiger partial charge is 0.261 e. The average Bonchev–Trinajstić information content (AvgIpc) is 2.35. The molecule has 0 saturated heterocycles. The van der Waals surface area contributed by atoms with Gasteiger partial charge in [0.15, 0.2) is 5.15 Å². The van der Waals surface area contributed by atoms with Crippen molar-refractivity contribution in [3.63, 3.8) is 0 Å². The number of halogens is 1. The third-order valence-electron chi connectivity index (χ3n) is 2.57. The van der Waals surface area contributed by atoms with Crippen LogP contribution in [0.25, 0.3) is 0 Å². The number of nitrogens with zero attached hydrogens (tertiary/aromatic N) is 1. The number of sulfonamides is 1. The molecule has 0 radical (unpaired) electrons. The Balaban J connectivity index is 2.41. The molecule has 0 spiro atoms. The number of hydrogen-bond donors (Lipinski definition) is 3. The van der Waals surface area contributed by atoms with Crippen LogP contribution >= 0.6 is 11.6 Å². The molecule has 0 amide bonds. The summed E-state index contributed by atoms with van der Waals surface area (Å²) >= 11 is 5.83. The van der Waals surface area contributed by atoms with E-state index in [-0.39, 0.29) is 21.4 Å². The SMILES string of the molecule is Cc1cc(NS(=O)(=O)c2ccc(N)cc2)c(N)c(Cl)n1. The normalized spacial score (nSPS) is 11.3. The summed E-state index contributed by atoms with van der Waals surface area (Å²) in [7, 11) is -3.76. The molecule has 1 heterocycles. The van der Waals surface area contributed by atoms with Gasteiger partial charge >= 0.3 is 0 Å². The number of anilines is 3. The Hall–Kier alpha value is -1.99. The fraction of sp³-hybridized carbons (Fsp3) is 0.0833. The molecule has 0 bridgehead atoms. The second-order valence-corrected chi connectivity index (χ2v) is 6.23. The van der Waals surface area contributed by atoms with E-state index in [9.17, 15) is 8.42 Å². The van der Waals surface area contributed by atoms with Gasteiger partial charge in [-0.15, -0.1) is 0 Å². The summed E-state index contributed by atoms with van der Waals surface area (Å²) in [4.78, 5) is 4.02. The van der Waals surface area contributed by atoms with E-state index in [0.717, 1.165) is 0 Å². The van der Waals surface area contributed by atoms with E-state index in [1.54, 1.807) is 6.92 Å². The minimum atomic E-state index is -3.76. The number of benzene rings is 1. The quantitative estimate of drug-likeness (QED) is 0.593. The first-order valence-electron chi connectivity index (χ1n) is 5.60. The van der Waals surface area contributed by atoms with Crippen LogP contribution in [0.15, 0.2) is 35.2 Å². The Morgan fingerprint density at radius 1 is 1.20 bits per heavy atom. The highest BCUT2D eigenvalue weighted by Gasteiger charge is 2.17. The molecule has 6 nitrogen and oxygen atoms in total. The van der Waals surface area contributed by atoms with E-state index in [4.69, 9.17) is 23.1 Å². The van der Waals surface area contributed by atoms with Gasteiger partial charge in [-0.2, -0.15) is 0 Å². The minimum Gasteiger partial charge on any atom is -0.399 e. The fourth-order valence-corrected chi connectivity index (χ4v) is 2.89. The van der Waals surface area contributed by atoms with E-state index < -0.39 is 10.0 Å². The summed E-state index contributed by atoms with van der Waals surface area (Å²) in [6.45, 7) is 1.69. The van der Waals surface area contributed by atoms with Crippen LogP contribution in [0.2, 0.25) is 5.15 Å². The fourth-order valence-electron chi connectivity index (χ4n) is 1.58. The first kappa shape index (κ1) is 14.4. The first-order chi connectivity index (χ1) is 9.29. The van der Waals surface area contributed by atoms with Gasteiger partial charge in [-0.3, -0.25) is 4.72 Å². The number of hydrogen-bond acceptors (Lipinski definition) is 5. The molecule has 0 atom stereocenters. The van der Waals surface area contributed by atoms with Crippen LogP contribution in [0.1, 0.15) is 5.69 Å². The van der Waals surface area contributed by atoms with Crippen LogP contribution < -0.4 is 16.2 Å². The summed E-state index contributed by atoms with van der Waals surface area (Å²) in [6.07, 6.45) is 0. The molecule has 8 heteroatoms. The molecule has 5 N–H and O–H groups in total. The van der Waals surface area contributed by atoms with E-state index in [1.165, 1.54) is 30.3 Å². The van der Waals surface area contributed by atoms with Crippen molar-refractivity contribution >= 4 is 38.7 Å². The number of aromatic nitrogens is 1. The van der Waals surface area contributed by atoms with Crippen molar-refractivity contribution < 1.29 is 8.42 Å². The topological polar surface area (TPSA) is 111 Å². The second kappa shape index (κ2) is 5.18. The minimum absolute atomic E-state index is 0.0556. The van der Waals surface area contributed by atoms with Crippen LogP contribution in [-0.2, 0) is 10.0 Å². The van der Waals surface area contributed by atoms with Gasteiger partial charge in [0.05, 0.1) is 16.3 Å². The molecule has 0 unspecified atom stereocenters. The molecule has 2 rings (SSSR count). The van der Waals surface area contributed by atoms with Gasteiger partial charge in [0.1, 0.15) is 0 Å². The zero-order valence-corrected chi connectivity index (χ0v) is 12.2. The van der Waals surface area contributed by atoms with Crippen LogP contribution in [0.3, 0.4) is 0 Å². The molecule has 1 aromatic heterocycles. The predicted octanol–water partition coefficient (Wildman–Crippen LogP) is 2.01. The largest absolute Gasteiger partial charge is 0.399 e. The number of nitrogens with one attached hydrogen (secondary N) is 1. The molecule has 20 heavy (non-hydrogen) atoms. The summed E-state index contributed by atoms with van der Waals surface area (Å²) in [5.74, 6) is 0. The van der Waals surface area contributed by atoms with Crippen molar-refractivity contribution in [1.29, 1.82) is 0 Å². The molecule has 106 valence electrons. The highest BCUT2D eigenvalue weighted by atomic mass is 35.5. The summed E-state index contributed by atoms with van der Waals surface area (Å²) in [5, 5.41) is 0.0556. The molecule has 0 saturated carbocycles. The number of pyridine rings is 1. The lowest BCUT2D eigenvalue weighted by Crippen LogP contribution is -2.14. The van der Waals surface area contributed by atoms with E-state index >= 15 is 0 Å². The number of nitrogen functional groups attached to an aromatic ring is 2. The monoisotopic (exact) mass is 312 g/mol. The third-order valence-corrected chi connectivity index (χ3v) is 4.24. The van der Waals surface area contributed by atoms with Gasteiger partial charge in [0.2, 0.25) is 0 Å². The molecule has 0 aliphatic heterocycles. The zero-order chi connectivity index (χ0) is 14.9. The highest BCUT2D eigenvalue weighted by molar-refractivity contribution is 7.92. The second-order valence-electron chi connectivity index (χ2n) is 4.19. The Labute approximate surface area is 121 Å². The Morgan fingerprint density at radius 3 is 2.40 bits per heavy atom. The van der Waals surface area contributed by atoms with Crippen molar-refractivity contribution in [3.8, 4) is 0 Å². The summed E-state index contributed by atoms with van der Waals surface area (Å²) < 4.78 is 26.8. The molecule has 2 aromatic rings. The zero-order valence-electron chi connectivity index (χ0n) is 10.6. The predicted molar refractivity (Wildman–Crippen MR) is 80.1 cm³/mol. The van der Waals surface area contributed by atoms with Gasteiger partial charge in [0, 0.05) is 11.4 Å². The average molecular weight is 313 g/mol. The third kappa shape index (κ3) is 2.94. The lowest BCUT2D eigenvalue weighted by atomic mass is 10.3. The van der Waals surface area contributed by atoms with E-state index in [0.29, 0.717) is 11.4 Å². The summed E-state index contributed by atoms with van der Waals surface area (Å²) in [6, 6.07) is 7.33. The van der Waals surface area contributed by atoms with Crippen molar-refractivity contribution in [1.82, 2.24) is 4.98 Å². The maximum absolute atomic E-state index is 12.2. The Morgan fingerprint density at radius 2 is 1.80 bits per heavy atom. The standard InChI is InChI=1S/C12H13ClN4O2S/c1-7-6-10(11(15)12(13)16-7)17-20(18,19)9-4-2-8(14)3-5-9/h2-6H,14-15H2,1H3,(H,16,17). The van der Waals surface area contributed by atoms with E-state index in [1.807, 2.05) is 0 Å². The van der Waals surface area contributed by atoms with Crippen LogP contribution in [-0.4, -0.2) is 13.4 Å². The van der Waals surface area contributed by atoms with Gasteiger partial charge in [-0.25, -0.2) is 13.4 Å². The van der Waals surface area contributed by atoms with Gasteiger partial charge in [-0.1, -0.05) is 11.6 Å². The molecular formula is C12H13ClN4O2S. The first-order valence-corrected chi connectivity index (χ1v) is 7.46. The van der Waals surface area contributed by atoms with Crippen molar-refractivity contribution in [3.05, 3.63) is 41.2 Å². The van der Waals surface area contributed by atoms with Gasteiger partial charge in [-0.05, 0) is 37.3 Å². The van der Waals surface area contributed by atoms with Crippen molar-refractivity contribution in [2.75, 3.05) is 16.2 Å². The number of nitrogens with two attached hydrogens (primary N) is 2. The Kier molecular flexibility index (Phi) is 3.74. The lowest BCUT2D eigenvalue weighted by Gasteiger charge is -2.12. The molecule has 0 aliphatic carbocycles. The molecule has 0 aliphatic rings. The lowest BCUT2D eigenvalue weighted by molar-refractivity contribution is 0.601. The number of rotatable bonds is 3. The number of aryl methyl sites for hydroxylation is 1. The van der Waals surface area contributed by atoms with Crippen LogP contribution in [0.4, 0.5) is 17.1 Å². The molecule has 0 fully saturated rings. The van der Waals surface area contributed by atoms with Crippen LogP contribution in [0.5, 0.6) is 0 Å². The maximum atomic E-state index is 12.2. The molecular weight excluding hydrogens is 300 g/mol. The van der Waals surface area contributed by atoms with E-state index in [2.05, 4.69) is 9.71 Å². The van der Waals surface area contributed by atoms with Crippen molar-refractivity contribution in [2.45, 2.75) is 11.8 Å². The van der Waals surface area contributed by atoms with Crippen LogP contribution in [0, 0.1) is 6.92 Å². The Bertz CT molecular complexity index is 745. The summed E-state index contributed by atoms with van der Waals surface area (Å²) in [5.41, 5.74) is 12.6. The highest BCUT2D eigenvalue weighted by Crippen LogP contribution is 2.28. The maximum Gasteiger partial charge on any atom is 0.261 e. The van der Waals surface area contributed by atoms with Gasteiger partial charge in [0.25, 0.3) is 10.0 Å².